The van der Waals surface area contributed by atoms with E-state index in [1.54, 1.807) is 48.8 Å². The molecular weight excluding hydrogens is 270 g/mol. The molecule has 1 N–H and O–H groups in total. The highest BCUT2D eigenvalue weighted by Gasteiger charge is 2.19. The van der Waals surface area contributed by atoms with Crippen molar-refractivity contribution in [1.29, 1.82) is 0 Å². The van der Waals surface area contributed by atoms with Gasteiger partial charge in [-0.25, -0.2) is 9.59 Å². The lowest BCUT2D eigenvalue weighted by atomic mass is 9.98. The highest BCUT2D eigenvalue weighted by atomic mass is 16.5. The normalized spacial score (nSPS) is 11.0. The summed E-state index contributed by atoms with van der Waals surface area (Å²) >= 11 is 0. The molecule has 5 nitrogen and oxygen atoms in total. The van der Waals surface area contributed by atoms with Crippen LogP contribution in [0.1, 0.15) is 21.5 Å². The van der Waals surface area contributed by atoms with Gasteiger partial charge in [0.1, 0.15) is 0 Å². The van der Waals surface area contributed by atoms with Crippen LogP contribution in [0.25, 0.3) is 11.6 Å². The molecule has 106 valence electrons. The second kappa shape index (κ2) is 6.47. The summed E-state index contributed by atoms with van der Waals surface area (Å²) in [6.45, 7) is 0. The Hall–Kier alpha value is -2.95. The minimum absolute atomic E-state index is 0.0399. The van der Waals surface area contributed by atoms with Crippen molar-refractivity contribution in [2.75, 3.05) is 7.11 Å². The van der Waals surface area contributed by atoms with Gasteiger partial charge in [0.2, 0.25) is 0 Å². The Labute approximate surface area is 121 Å². The van der Waals surface area contributed by atoms with E-state index in [9.17, 15) is 14.7 Å². The molecule has 0 aliphatic heterocycles. The number of aromatic nitrogens is 1. The molecule has 2 rings (SSSR count). The molecule has 0 saturated heterocycles. The smallest absolute Gasteiger partial charge is 0.338 e. The summed E-state index contributed by atoms with van der Waals surface area (Å²) in [4.78, 5) is 27.2. The molecule has 1 aromatic heterocycles. The van der Waals surface area contributed by atoms with E-state index < -0.39 is 11.9 Å². The molecule has 2 aromatic rings. The number of carboxylic acid groups (broad SMARTS) is 1. The topological polar surface area (TPSA) is 76.5 Å². The quantitative estimate of drug-likeness (QED) is 0.689. The van der Waals surface area contributed by atoms with Crippen molar-refractivity contribution in [2.45, 2.75) is 0 Å². The zero-order chi connectivity index (χ0) is 15.2. The van der Waals surface area contributed by atoms with Gasteiger partial charge in [0.05, 0.1) is 18.2 Å². The van der Waals surface area contributed by atoms with Gasteiger partial charge in [0.15, 0.2) is 0 Å². The average Bonchev–Trinajstić information content (AvgIpc) is 2.53. The van der Waals surface area contributed by atoms with E-state index in [2.05, 4.69) is 4.98 Å². The number of pyridine rings is 1. The van der Waals surface area contributed by atoms with Gasteiger partial charge in [-0.2, -0.15) is 0 Å². The number of esters is 1. The number of nitrogens with zero attached hydrogens (tertiary/aromatic N) is 1. The van der Waals surface area contributed by atoms with E-state index in [0.717, 1.165) is 0 Å². The molecule has 21 heavy (non-hydrogen) atoms. The first kappa shape index (κ1) is 14.5. The van der Waals surface area contributed by atoms with E-state index in [4.69, 9.17) is 4.74 Å². The van der Waals surface area contributed by atoms with Crippen LogP contribution in [-0.2, 0) is 9.53 Å². The van der Waals surface area contributed by atoms with Crippen molar-refractivity contribution in [3.63, 3.8) is 0 Å². The molecule has 1 aromatic carbocycles. The van der Waals surface area contributed by atoms with Crippen LogP contribution in [0, 0.1) is 0 Å². The number of carbonyl (C=O) groups is 2. The molecule has 0 radical (unpaired) electrons. The molecule has 0 aliphatic rings. The standard InChI is InChI=1S/C16H13NO4/c1-21-16(20)14(9-11-5-4-8-17-10-11)12-6-2-3-7-13(12)15(18)19/h2-10H,1H3,(H,18,19). The Morgan fingerprint density at radius 2 is 1.86 bits per heavy atom. The number of ether oxygens (including phenoxy) is 1. The summed E-state index contributed by atoms with van der Waals surface area (Å²) in [6.07, 6.45) is 4.74. The highest BCUT2D eigenvalue weighted by molar-refractivity contribution is 6.23. The first-order valence-electron chi connectivity index (χ1n) is 6.16. The van der Waals surface area contributed by atoms with E-state index in [1.807, 2.05) is 0 Å². The first-order chi connectivity index (χ1) is 10.1. The second-order valence-electron chi connectivity index (χ2n) is 4.19. The third-order valence-corrected chi connectivity index (χ3v) is 2.85. The molecule has 0 atom stereocenters. The van der Waals surface area contributed by atoms with E-state index in [1.165, 1.54) is 13.2 Å². The second-order valence-corrected chi connectivity index (χ2v) is 4.19. The lowest BCUT2D eigenvalue weighted by Crippen LogP contribution is -2.09. The van der Waals surface area contributed by atoms with Gasteiger partial charge in [0, 0.05) is 18.0 Å². The van der Waals surface area contributed by atoms with Crippen LogP contribution in [0.15, 0.2) is 48.8 Å². The van der Waals surface area contributed by atoms with Crippen molar-refractivity contribution in [3.8, 4) is 0 Å². The summed E-state index contributed by atoms with van der Waals surface area (Å²) in [5.41, 5.74) is 1.19. The summed E-state index contributed by atoms with van der Waals surface area (Å²) in [7, 11) is 1.25. The Bertz CT molecular complexity index is 692. The molecular formula is C16H13NO4. The van der Waals surface area contributed by atoms with Gasteiger partial charge < -0.3 is 9.84 Å². The number of hydrogen-bond acceptors (Lipinski definition) is 4. The number of benzene rings is 1. The van der Waals surface area contributed by atoms with E-state index >= 15 is 0 Å². The van der Waals surface area contributed by atoms with Gasteiger partial charge in [-0.15, -0.1) is 0 Å². The lowest BCUT2D eigenvalue weighted by molar-refractivity contribution is -0.133. The van der Waals surface area contributed by atoms with Crippen LogP contribution in [0.3, 0.4) is 0 Å². The summed E-state index contributed by atoms with van der Waals surface area (Å²) in [5, 5.41) is 9.24. The number of carboxylic acids is 1. The van der Waals surface area contributed by atoms with Crippen molar-refractivity contribution >= 4 is 23.6 Å². The Balaban J connectivity index is 2.60. The minimum atomic E-state index is -1.11. The number of aromatic carboxylic acids is 1. The third-order valence-electron chi connectivity index (χ3n) is 2.85. The monoisotopic (exact) mass is 283 g/mol. The molecule has 0 aliphatic carbocycles. The van der Waals surface area contributed by atoms with Gasteiger partial charge in [-0.05, 0) is 23.8 Å². The maximum Gasteiger partial charge on any atom is 0.338 e. The fraction of sp³-hybridized carbons (Fsp3) is 0.0625. The van der Waals surface area contributed by atoms with Crippen molar-refractivity contribution in [2.24, 2.45) is 0 Å². The maximum absolute atomic E-state index is 12.0. The fourth-order valence-corrected chi connectivity index (χ4v) is 1.89. The summed E-state index contributed by atoms with van der Waals surface area (Å²) < 4.78 is 4.75. The minimum Gasteiger partial charge on any atom is -0.478 e. The van der Waals surface area contributed by atoms with Gasteiger partial charge in [0.25, 0.3) is 0 Å². The molecule has 0 amide bonds. The van der Waals surface area contributed by atoms with Crippen molar-refractivity contribution in [3.05, 3.63) is 65.5 Å². The number of carbonyl (C=O) groups excluding carboxylic acids is 1. The molecule has 1 heterocycles. The summed E-state index contributed by atoms with van der Waals surface area (Å²) in [5.74, 6) is -1.71. The summed E-state index contributed by atoms with van der Waals surface area (Å²) in [6, 6.07) is 9.77. The van der Waals surface area contributed by atoms with Gasteiger partial charge in [-0.1, -0.05) is 24.3 Å². The number of hydrogen-bond donors (Lipinski definition) is 1. The van der Waals surface area contributed by atoms with E-state index in [-0.39, 0.29) is 11.1 Å². The predicted molar refractivity (Wildman–Crippen MR) is 77.5 cm³/mol. The molecule has 0 saturated carbocycles. The van der Waals surface area contributed by atoms with Crippen LogP contribution in [0.4, 0.5) is 0 Å². The van der Waals surface area contributed by atoms with E-state index in [0.29, 0.717) is 11.1 Å². The van der Waals surface area contributed by atoms with Crippen molar-refractivity contribution < 1.29 is 19.4 Å². The maximum atomic E-state index is 12.0. The first-order valence-corrected chi connectivity index (χ1v) is 6.16. The zero-order valence-corrected chi connectivity index (χ0v) is 11.3. The molecule has 0 bridgehead atoms. The Morgan fingerprint density at radius 1 is 1.14 bits per heavy atom. The van der Waals surface area contributed by atoms with Crippen LogP contribution in [-0.4, -0.2) is 29.1 Å². The zero-order valence-electron chi connectivity index (χ0n) is 11.3. The Kier molecular flexibility index (Phi) is 4.46. The third kappa shape index (κ3) is 3.33. The lowest BCUT2D eigenvalue weighted by Gasteiger charge is -2.09. The molecule has 0 spiro atoms. The largest absolute Gasteiger partial charge is 0.478 e. The molecule has 0 unspecified atom stereocenters. The number of methoxy groups -OCH3 is 1. The van der Waals surface area contributed by atoms with Crippen LogP contribution in [0.5, 0.6) is 0 Å². The van der Waals surface area contributed by atoms with Crippen LogP contribution >= 0.6 is 0 Å². The SMILES string of the molecule is COC(=O)C(=Cc1cccnc1)c1ccccc1C(=O)O. The predicted octanol–water partition coefficient (Wildman–Crippen LogP) is 2.49. The molecule has 5 heteroatoms. The van der Waals surface area contributed by atoms with Crippen LogP contribution in [0.2, 0.25) is 0 Å². The average molecular weight is 283 g/mol. The van der Waals surface area contributed by atoms with Gasteiger partial charge in [-0.3, -0.25) is 4.98 Å². The number of rotatable bonds is 4. The fourth-order valence-electron chi connectivity index (χ4n) is 1.89. The highest BCUT2D eigenvalue weighted by Crippen LogP contribution is 2.23. The Morgan fingerprint density at radius 3 is 2.43 bits per heavy atom. The molecule has 0 fully saturated rings. The van der Waals surface area contributed by atoms with Crippen LogP contribution < -0.4 is 0 Å². The van der Waals surface area contributed by atoms with Gasteiger partial charge >= 0.3 is 11.9 Å². The van der Waals surface area contributed by atoms with Crippen molar-refractivity contribution in [1.82, 2.24) is 4.98 Å².